The summed E-state index contributed by atoms with van der Waals surface area (Å²) in [7, 11) is 0. The molecular formula is C36H53N3O6. The Labute approximate surface area is 269 Å². The highest BCUT2D eigenvalue weighted by Crippen LogP contribution is 2.30. The number of alkyl carbamates (subject to hydrolysis) is 1. The molecule has 3 unspecified atom stereocenters. The first kappa shape index (κ1) is 37.3. The van der Waals surface area contributed by atoms with Crippen LogP contribution >= 0.6 is 0 Å². The Bertz CT molecular complexity index is 1290. The molecule has 0 heterocycles. The molecule has 0 spiro atoms. The Kier molecular flexibility index (Phi) is 13.2. The molecule has 9 heteroatoms. The van der Waals surface area contributed by atoms with Gasteiger partial charge in [0.1, 0.15) is 29.3 Å². The van der Waals surface area contributed by atoms with Crippen LogP contribution in [0.25, 0.3) is 0 Å². The highest BCUT2D eigenvalue weighted by molar-refractivity contribution is 5.94. The van der Waals surface area contributed by atoms with Crippen molar-refractivity contribution < 1.29 is 28.7 Å². The quantitative estimate of drug-likeness (QED) is 0.272. The van der Waals surface area contributed by atoms with Crippen molar-refractivity contribution in [3.8, 4) is 0 Å². The zero-order valence-corrected chi connectivity index (χ0v) is 28.9. The van der Waals surface area contributed by atoms with Crippen molar-refractivity contribution in [3.05, 3.63) is 70.8 Å². The van der Waals surface area contributed by atoms with Gasteiger partial charge in [0.05, 0.1) is 0 Å². The van der Waals surface area contributed by atoms with Crippen molar-refractivity contribution in [1.82, 2.24) is 15.5 Å². The van der Waals surface area contributed by atoms with Gasteiger partial charge in [0.2, 0.25) is 11.8 Å². The molecule has 0 aliphatic heterocycles. The maximum Gasteiger partial charge on any atom is 0.408 e. The number of carbonyl (C=O) groups is 4. The molecule has 0 bridgehead atoms. The maximum atomic E-state index is 14.5. The van der Waals surface area contributed by atoms with E-state index in [1.165, 1.54) is 4.90 Å². The van der Waals surface area contributed by atoms with Gasteiger partial charge in [-0.2, -0.15) is 0 Å². The van der Waals surface area contributed by atoms with E-state index in [9.17, 15) is 19.2 Å². The van der Waals surface area contributed by atoms with Gasteiger partial charge in [-0.05, 0) is 90.0 Å². The number of rotatable bonds is 12. The zero-order valence-electron chi connectivity index (χ0n) is 28.9. The average Bonchev–Trinajstić information content (AvgIpc) is 2.90. The summed E-state index contributed by atoms with van der Waals surface area (Å²) in [5.74, 6) is -1.81. The van der Waals surface area contributed by atoms with E-state index in [1.54, 1.807) is 41.5 Å². The highest BCUT2D eigenvalue weighted by atomic mass is 16.6. The minimum Gasteiger partial charge on any atom is -0.458 e. The lowest BCUT2D eigenvalue weighted by atomic mass is 9.92. The van der Waals surface area contributed by atoms with Gasteiger partial charge < -0.3 is 25.0 Å². The van der Waals surface area contributed by atoms with Crippen LogP contribution in [-0.4, -0.2) is 58.6 Å². The third-order valence-corrected chi connectivity index (χ3v) is 7.02. The summed E-state index contributed by atoms with van der Waals surface area (Å²) in [6, 6.07) is 12.0. The van der Waals surface area contributed by atoms with Crippen LogP contribution in [0.4, 0.5) is 4.79 Å². The Morgan fingerprint density at radius 3 is 1.84 bits per heavy atom. The third kappa shape index (κ3) is 11.5. The van der Waals surface area contributed by atoms with Crippen molar-refractivity contribution in [3.63, 3.8) is 0 Å². The second-order valence-corrected chi connectivity index (χ2v) is 13.9. The number of benzene rings is 2. The van der Waals surface area contributed by atoms with Gasteiger partial charge in [0, 0.05) is 13.0 Å². The van der Waals surface area contributed by atoms with Crippen LogP contribution < -0.4 is 10.6 Å². The molecule has 45 heavy (non-hydrogen) atoms. The predicted molar refractivity (Wildman–Crippen MR) is 177 cm³/mol. The van der Waals surface area contributed by atoms with Crippen LogP contribution in [0.1, 0.15) is 97.0 Å². The molecule has 0 aliphatic rings. The lowest BCUT2D eigenvalue weighted by molar-refractivity contribution is -0.159. The number of ether oxygens (including phenoxy) is 2. The van der Waals surface area contributed by atoms with E-state index in [-0.39, 0.29) is 18.9 Å². The maximum absolute atomic E-state index is 14.5. The van der Waals surface area contributed by atoms with E-state index in [0.717, 1.165) is 16.7 Å². The number of hydrogen-bond acceptors (Lipinski definition) is 6. The van der Waals surface area contributed by atoms with Gasteiger partial charge in [-0.15, -0.1) is 0 Å². The molecule has 2 aromatic carbocycles. The van der Waals surface area contributed by atoms with E-state index >= 15 is 0 Å². The minimum atomic E-state index is -1.08. The van der Waals surface area contributed by atoms with E-state index in [4.69, 9.17) is 9.47 Å². The van der Waals surface area contributed by atoms with Crippen LogP contribution in [0.3, 0.4) is 0 Å². The largest absolute Gasteiger partial charge is 0.458 e. The van der Waals surface area contributed by atoms with E-state index in [2.05, 4.69) is 10.6 Å². The SMILES string of the molecule is CCCN(C(=O)C(NC(=O)OC(C)(C)C)C(C)C)C(C(=O)NC(Cc1ccccc1)C(=O)OC(C)(C)C)c1c(C)cccc1C. The number of nitrogens with zero attached hydrogens (tertiary/aromatic N) is 1. The number of hydrogen-bond donors (Lipinski definition) is 2. The van der Waals surface area contributed by atoms with Gasteiger partial charge in [0.25, 0.3) is 0 Å². The fourth-order valence-electron chi connectivity index (χ4n) is 5.09. The molecule has 0 saturated heterocycles. The Morgan fingerprint density at radius 2 is 1.36 bits per heavy atom. The van der Waals surface area contributed by atoms with Crippen LogP contribution in [0.2, 0.25) is 0 Å². The Balaban J connectivity index is 2.63. The molecule has 0 aromatic heterocycles. The van der Waals surface area contributed by atoms with E-state index < -0.39 is 53.2 Å². The van der Waals surface area contributed by atoms with E-state index in [0.29, 0.717) is 12.0 Å². The minimum absolute atomic E-state index is 0.206. The second-order valence-electron chi connectivity index (χ2n) is 13.9. The zero-order chi connectivity index (χ0) is 34.1. The number of nitrogens with one attached hydrogen (secondary N) is 2. The lowest BCUT2D eigenvalue weighted by Crippen LogP contribution is -2.56. The lowest BCUT2D eigenvalue weighted by Gasteiger charge is -2.37. The standard InChI is InChI=1S/C36H53N3O6/c1-12-21-39(32(41)29(23(2)3)38-34(43)45-36(9,10)11)30(28-24(4)17-16-18-25(28)5)31(40)37-27(33(42)44-35(6,7)8)22-26-19-14-13-15-20-26/h13-20,23,27,29-30H,12,21-22H2,1-11H3,(H,37,40)(H,38,43). The van der Waals surface area contributed by atoms with Crippen LogP contribution in [0.15, 0.2) is 48.5 Å². The number of carbonyl (C=O) groups excluding carboxylic acids is 4. The van der Waals surface area contributed by atoms with E-state index in [1.807, 2.05) is 83.1 Å². The molecule has 9 nitrogen and oxygen atoms in total. The summed E-state index contributed by atoms with van der Waals surface area (Å²) in [4.78, 5) is 56.7. The van der Waals surface area contributed by atoms with Gasteiger partial charge in [-0.3, -0.25) is 9.59 Å². The average molecular weight is 624 g/mol. The summed E-state index contributed by atoms with van der Waals surface area (Å²) < 4.78 is 11.2. The molecule has 0 radical (unpaired) electrons. The van der Waals surface area contributed by atoms with Crippen molar-refractivity contribution in [1.29, 1.82) is 0 Å². The van der Waals surface area contributed by atoms with Crippen LogP contribution in [0.5, 0.6) is 0 Å². The normalized spacial score (nSPS) is 13.8. The molecule has 2 N–H and O–H groups in total. The fraction of sp³-hybridized carbons (Fsp3) is 0.556. The summed E-state index contributed by atoms with van der Waals surface area (Å²) >= 11 is 0. The first-order valence-corrected chi connectivity index (χ1v) is 15.8. The van der Waals surface area contributed by atoms with Crippen molar-refractivity contribution in [2.24, 2.45) is 5.92 Å². The molecule has 0 aliphatic carbocycles. The summed E-state index contributed by atoms with van der Waals surface area (Å²) in [6.07, 6.45) is 0.0428. The number of esters is 1. The molecular weight excluding hydrogens is 570 g/mol. The molecule has 3 amide bonds. The predicted octanol–water partition coefficient (Wildman–Crippen LogP) is 6.20. The summed E-state index contributed by atoms with van der Waals surface area (Å²) in [5.41, 5.74) is 1.63. The monoisotopic (exact) mass is 623 g/mol. The summed E-state index contributed by atoms with van der Waals surface area (Å²) in [6.45, 7) is 20.2. The molecule has 2 aromatic rings. The van der Waals surface area contributed by atoms with Gasteiger partial charge in [-0.1, -0.05) is 69.3 Å². The molecule has 248 valence electrons. The first-order valence-electron chi connectivity index (χ1n) is 15.8. The van der Waals surface area contributed by atoms with Crippen LogP contribution in [0, 0.1) is 19.8 Å². The number of amides is 3. The second kappa shape index (κ2) is 15.9. The van der Waals surface area contributed by atoms with Gasteiger partial charge in [0.15, 0.2) is 0 Å². The summed E-state index contributed by atoms with van der Waals surface area (Å²) in [5, 5.41) is 5.70. The molecule has 0 fully saturated rings. The molecule has 3 atom stereocenters. The fourth-order valence-corrected chi connectivity index (χ4v) is 5.09. The Hall–Kier alpha value is -3.88. The van der Waals surface area contributed by atoms with Crippen molar-refractivity contribution in [2.75, 3.05) is 6.54 Å². The first-order chi connectivity index (χ1) is 20.8. The Morgan fingerprint density at radius 1 is 0.800 bits per heavy atom. The van der Waals surface area contributed by atoms with Crippen molar-refractivity contribution in [2.45, 2.75) is 118 Å². The molecule has 0 saturated carbocycles. The van der Waals surface area contributed by atoms with Gasteiger partial charge in [-0.25, -0.2) is 9.59 Å². The third-order valence-electron chi connectivity index (χ3n) is 7.02. The smallest absolute Gasteiger partial charge is 0.408 e. The highest BCUT2D eigenvalue weighted by Gasteiger charge is 2.40. The topological polar surface area (TPSA) is 114 Å². The van der Waals surface area contributed by atoms with Gasteiger partial charge >= 0.3 is 12.1 Å². The number of aryl methyl sites for hydroxylation is 2. The van der Waals surface area contributed by atoms with Crippen molar-refractivity contribution >= 4 is 23.9 Å². The molecule has 2 rings (SSSR count). The van der Waals surface area contributed by atoms with Crippen LogP contribution in [-0.2, 0) is 30.3 Å².